The third-order valence-corrected chi connectivity index (χ3v) is 1.01. The third kappa shape index (κ3) is 3.78. The van der Waals surface area contributed by atoms with Gasteiger partial charge in [0.15, 0.2) is 0 Å². The van der Waals surface area contributed by atoms with Crippen LogP contribution in [0.25, 0.3) is 0 Å². The van der Waals surface area contributed by atoms with Gasteiger partial charge < -0.3 is 4.79 Å². The Hall–Kier alpha value is -1.18. The number of allylic oxidation sites excluding steroid dienone is 4. The average Bonchev–Trinajstić information content (AvgIpc) is 1.99. The summed E-state index contributed by atoms with van der Waals surface area (Å²) in [5.41, 5.74) is 0.599. The van der Waals surface area contributed by atoms with E-state index >= 15 is 0 Å². The van der Waals surface area contributed by atoms with E-state index in [0.29, 0.717) is 12.0 Å². The second kappa shape index (κ2) is 5.95. The second-order valence-electron chi connectivity index (χ2n) is 1.71. The average molecular weight is 138 g/mol. The van der Waals surface area contributed by atoms with Crippen LogP contribution in [-0.4, -0.2) is 12.6 Å². The van der Waals surface area contributed by atoms with Gasteiger partial charge in [-0.2, -0.15) is 0 Å². The van der Waals surface area contributed by atoms with E-state index in [0.717, 1.165) is 12.6 Å². The van der Waals surface area contributed by atoms with Crippen LogP contribution in [-0.2, 0) is 9.59 Å². The minimum absolute atomic E-state index is 0.366. The van der Waals surface area contributed by atoms with Crippen molar-refractivity contribution in [1.29, 1.82) is 0 Å². The molecule has 0 saturated heterocycles. The van der Waals surface area contributed by atoms with Crippen LogP contribution < -0.4 is 0 Å². The zero-order chi connectivity index (χ0) is 7.82. The summed E-state index contributed by atoms with van der Waals surface area (Å²) in [6, 6.07) is 0. The van der Waals surface area contributed by atoms with E-state index in [2.05, 4.69) is 0 Å². The number of carbonyl (C=O) groups is 2. The molecule has 0 spiro atoms. The lowest BCUT2D eigenvalue weighted by Gasteiger charge is -1.83. The van der Waals surface area contributed by atoms with Gasteiger partial charge in [0.1, 0.15) is 12.6 Å². The van der Waals surface area contributed by atoms with E-state index in [-0.39, 0.29) is 0 Å². The molecule has 0 saturated carbocycles. The Morgan fingerprint density at radius 2 is 2.10 bits per heavy atom. The fourth-order valence-corrected chi connectivity index (χ4v) is 0.463. The maximum atomic E-state index is 10.1. The molecule has 0 N–H and O–H groups in total. The van der Waals surface area contributed by atoms with Crippen molar-refractivity contribution in [2.75, 3.05) is 0 Å². The van der Waals surface area contributed by atoms with E-state index in [9.17, 15) is 9.59 Å². The molecular formula is C8H10O2. The zero-order valence-corrected chi connectivity index (χ0v) is 5.91. The lowest BCUT2D eigenvalue weighted by Crippen LogP contribution is -1.76. The molecular weight excluding hydrogens is 128 g/mol. The minimum atomic E-state index is 0.366. The van der Waals surface area contributed by atoms with Crippen molar-refractivity contribution in [1.82, 2.24) is 0 Å². The monoisotopic (exact) mass is 138 g/mol. The first kappa shape index (κ1) is 8.82. The van der Waals surface area contributed by atoms with Gasteiger partial charge in [-0.1, -0.05) is 18.2 Å². The molecule has 2 heteroatoms. The van der Waals surface area contributed by atoms with Crippen LogP contribution in [0.3, 0.4) is 0 Å². The van der Waals surface area contributed by atoms with Crippen molar-refractivity contribution in [3.8, 4) is 0 Å². The Labute approximate surface area is 60.2 Å². The smallest absolute Gasteiger partial charge is 0.149 e. The fraction of sp³-hybridized carbons (Fsp3) is 0.250. The summed E-state index contributed by atoms with van der Waals surface area (Å²) in [4.78, 5) is 19.9. The van der Waals surface area contributed by atoms with Gasteiger partial charge in [-0.05, 0) is 6.92 Å². The second-order valence-corrected chi connectivity index (χ2v) is 1.71. The van der Waals surface area contributed by atoms with Gasteiger partial charge >= 0.3 is 0 Å². The summed E-state index contributed by atoms with van der Waals surface area (Å²) in [7, 11) is 0. The molecule has 0 aliphatic carbocycles. The number of carbonyl (C=O) groups excluding carboxylic acids is 2. The van der Waals surface area contributed by atoms with Crippen LogP contribution in [0.15, 0.2) is 23.8 Å². The highest BCUT2D eigenvalue weighted by Crippen LogP contribution is 1.91. The summed E-state index contributed by atoms with van der Waals surface area (Å²) >= 11 is 0. The molecule has 10 heavy (non-hydrogen) atoms. The van der Waals surface area contributed by atoms with E-state index < -0.39 is 0 Å². The fourth-order valence-electron chi connectivity index (χ4n) is 0.463. The minimum Gasteiger partial charge on any atom is -0.303 e. The van der Waals surface area contributed by atoms with Crippen molar-refractivity contribution < 1.29 is 9.59 Å². The van der Waals surface area contributed by atoms with Gasteiger partial charge in [0, 0.05) is 12.0 Å². The lowest BCUT2D eigenvalue weighted by atomic mass is 10.2. The van der Waals surface area contributed by atoms with E-state index in [1.165, 1.54) is 0 Å². The van der Waals surface area contributed by atoms with Crippen LogP contribution in [0.1, 0.15) is 13.3 Å². The van der Waals surface area contributed by atoms with Gasteiger partial charge in [-0.3, -0.25) is 4.79 Å². The first-order chi connectivity index (χ1) is 4.85. The molecule has 0 aliphatic rings. The Balaban J connectivity index is 3.84. The van der Waals surface area contributed by atoms with Gasteiger partial charge in [-0.25, -0.2) is 0 Å². The number of hydrogen-bond donors (Lipinski definition) is 0. The molecule has 0 aliphatic heterocycles. The Kier molecular flexibility index (Phi) is 5.25. The number of hydrogen-bond acceptors (Lipinski definition) is 2. The molecule has 2 nitrogen and oxygen atoms in total. The van der Waals surface area contributed by atoms with Crippen molar-refractivity contribution in [2.24, 2.45) is 0 Å². The lowest BCUT2D eigenvalue weighted by molar-refractivity contribution is -0.107. The molecule has 0 heterocycles. The highest BCUT2D eigenvalue weighted by Gasteiger charge is 1.82. The Morgan fingerprint density at radius 3 is 2.50 bits per heavy atom. The molecule has 0 radical (unpaired) electrons. The summed E-state index contributed by atoms with van der Waals surface area (Å²) < 4.78 is 0. The summed E-state index contributed by atoms with van der Waals surface area (Å²) in [6.07, 6.45) is 6.87. The Morgan fingerprint density at radius 1 is 1.40 bits per heavy atom. The van der Waals surface area contributed by atoms with Gasteiger partial charge in [0.05, 0.1) is 0 Å². The summed E-state index contributed by atoms with van der Waals surface area (Å²) in [6.45, 7) is 1.77. The maximum absolute atomic E-state index is 10.1. The highest BCUT2D eigenvalue weighted by atomic mass is 16.1. The first-order valence-electron chi connectivity index (χ1n) is 3.06. The Bertz CT molecular complexity index is 166. The van der Waals surface area contributed by atoms with Crippen molar-refractivity contribution >= 4 is 12.6 Å². The topological polar surface area (TPSA) is 34.1 Å². The van der Waals surface area contributed by atoms with Crippen molar-refractivity contribution in [3.05, 3.63) is 23.8 Å². The molecule has 54 valence electrons. The van der Waals surface area contributed by atoms with Crippen LogP contribution in [0.4, 0.5) is 0 Å². The third-order valence-electron chi connectivity index (χ3n) is 1.01. The summed E-state index contributed by atoms with van der Waals surface area (Å²) in [5.74, 6) is 0. The largest absolute Gasteiger partial charge is 0.303 e. The molecule has 0 bridgehead atoms. The van der Waals surface area contributed by atoms with Crippen molar-refractivity contribution in [3.63, 3.8) is 0 Å². The van der Waals surface area contributed by atoms with E-state index in [1.54, 1.807) is 25.2 Å². The van der Waals surface area contributed by atoms with Crippen LogP contribution >= 0.6 is 0 Å². The normalized spacial score (nSPS) is 11.9. The van der Waals surface area contributed by atoms with Crippen LogP contribution in [0, 0.1) is 0 Å². The predicted octanol–water partition coefficient (Wildman–Crippen LogP) is 1.28. The van der Waals surface area contributed by atoms with Gasteiger partial charge in [0.25, 0.3) is 0 Å². The molecule has 0 fully saturated rings. The summed E-state index contributed by atoms with van der Waals surface area (Å²) in [5, 5.41) is 0. The molecule has 0 atom stereocenters. The number of aldehydes is 2. The molecule has 0 unspecified atom stereocenters. The van der Waals surface area contributed by atoms with Gasteiger partial charge in [-0.15, -0.1) is 0 Å². The maximum Gasteiger partial charge on any atom is 0.149 e. The van der Waals surface area contributed by atoms with Crippen molar-refractivity contribution in [2.45, 2.75) is 13.3 Å². The van der Waals surface area contributed by atoms with E-state index in [1.807, 2.05) is 0 Å². The quantitative estimate of drug-likeness (QED) is 0.333. The molecule has 0 aromatic carbocycles. The van der Waals surface area contributed by atoms with Gasteiger partial charge in [0.2, 0.25) is 0 Å². The molecule has 0 aromatic rings. The zero-order valence-electron chi connectivity index (χ0n) is 5.91. The highest BCUT2D eigenvalue weighted by molar-refractivity contribution is 5.77. The molecule has 0 rings (SSSR count). The van der Waals surface area contributed by atoms with Crippen LogP contribution in [0.5, 0.6) is 0 Å². The van der Waals surface area contributed by atoms with E-state index in [4.69, 9.17) is 0 Å². The predicted molar refractivity (Wildman–Crippen MR) is 39.6 cm³/mol. The standard InChI is InChI=1S/C8H10O2/c1-2-8(7-10)5-3-4-6-9/h2-3,5-7H,4H2,1H3/b5-3-,8-2+. The SMILES string of the molecule is C/C=C(C=O)\C=C/CC=O. The molecule has 0 aromatic heterocycles. The van der Waals surface area contributed by atoms with Crippen LogP contribution in [0.2, 0.25) is 0 Å². The first-order valence-corrected chi connectivity index (χ1v) is 3.06. The molecule has 0 amide bonds. The number of rotatable bonds is 4.